The maximum Gasteiger partial charge on any atom is 0.161 e. The quantitative estimate of drug-likeness (QED) is 0.362. The number of aliphatic imine (C=N–C) groups is 1. The number of ether oxygens (including phenoxy) is 4. The van der Waals surface area contributed by atoms with E-state index in [-0.39, 0.29) is 5.66 Å². The highest BCUT2D eigenvalue weighted by molar-refractivity contribution is 7.56. The highest BCUT2D eigenvalue weighted by Crippen LogP contribution is 2.39. The summed E-state index contributed by atoms with van der Waals surface area (Å²) in [5.74, 6) is 6.77. The Bertz CT molecular complexity index is 883. The molecule has 152 valence electrons. The van der Waals surface area contributed by atoms with Gasteiger partial charge in [-0.2, -0.15) is 0 Å². The van der Waals surface area contributed by atoms with E-state index in [9.17, 15) is 0 Å². The van der Waals surface area contributed by atoms with Crippen molar-refractivity contribution in [2.45, 2.75) is 5.66 Å². The minimum absolute atomic E-state index is 0.179. The van der Waals surface area contributed by atoms with Gasteiger partial charge in [0.25, 0.3) is 0 Å². The average molecular weight is 412 g/mol. The van der Waals surface area contributed by atoms with Crippen LogP contribution >= 0.6 is 8.58 Å². The maximum absolute atomic E-state index is 5.92. The summed E-state index contributed by atoms with van der Waals surface area (Å²) in [7, 11) is 3.82. The van der Waals surface area contributed by atoms with Crippen molar-refractivity contribution in [2.24, 2.45) is 4.99 Å². The predicted octanol–water partition coefficient (Wildman–Crippen LogP) is 3.49. The first-order valence-electron chi connectivity index (χ1n) is 9.29. The number of hydrogen-bond donors (Lipinski definition) is 1. The highest BCUT2D eigenvalue weighted by Gasteiger charge is 2.26. The molecule has 1 aliphatic heterocycles. The van der Waals surface area contributed by atoms with Crippen molar-refractivity contribution in [3.05, 3.63) is 64.9 Å². The fraction of sp³-hybridized carbons (Fsp3) is 0.318. The topological polar surface area (TPSA) is 61.3 Å². The summed E-state index contributed by atoms with van der Waals surface area (Å²) in [6, 6.07) is 7.71. The second-order valence-electron chi connectivity index (χ2n) is 6.28. The number of allylic oxidation sites excluding steroid dienone is 3. The second-order valence-corrected chi connectivity index (χ2v) is 7.49. The Morgan fingerprint density at radius 3 is 2.59 bits per heavy atom. The van der Waals surface area contributed by atoms with Crippen molar-refractivity contribution >= 4 is 20.2 Å². The number of hydrogen-bond acceptors (Lipinski definition) is 6. The van der Waals surface area contributed by atoms with Gasteiger partial charge in [-0.3, -0.25) is 0 Å². The van der Waals surface area contributed by atoms with Crippen LogP contribution in [0.1, 0.15) is 5.56 Å². The molecule has 0 spiro atoms. The number of nitrogens with one attached hydrogen (secondary N) is 1. The molecule has 7 heteroatoms. The zero-order chi connectivity index (χ0) is 20.5. The lowest BCUT2D eigenvalue weighted by atomic mass is 10.0. The van der Waals surface area contributed by atoms with E-state index in [1.54, 1.807) is 14.2 Å². The number of methoxy groups -OCH3 is 2. The van der Waals surface area contributed by atoms with Crippen LogP contribution in [0.25, 0.3) is 0 Å². The lowest BCUT2D eigenvalue weighted by molar-refractivity contribution is 0.0777. The maximum atomic E-state index is 5.92. The number of anilines is 1. The van der Waals surface area contributed by atoms with E-state index in [1.165, 1.54) is 0 Å². The monoisotopic (exact) mass is 412 g/mol. The Morgan fingerprint density at radius 1 is 1.10 bits per heavy atom. The van der Waals surface area contributed by atoms with Crippen molar-refractivity contribution in [1.29, 1.82) is 0 Å². The minimum atomic E-state index is 0.179. The minimum Gasteiger partial charge on any atom is -0.488 e. The Kier molecular flexibility index (Phi) is 7.89. The average Bonchev–Trinajstić information content (AvgIpc) is 2.75. The molecule has 0 saturated heterocycles. The molecule has 6 nitrogen and oxygen atoms in total. The van der Waals surface area contributed by atoms with Crippen LogP contribution < -0.4 is 5.32 Å². The lowest BCUT2D eigenvalue weighted by Crippen LogP contribution is -2.19. The molecule has 0 radical (unpaired) electrons. The molecule has 0 fully saturated rings. The third-order valence-corrected chi connectivity index (χ3v) is 5.40. The molecule has 3 rings (SSSR count). The summed E-state index contributed by atoms with van der Waals surface area (Å²) in [5, 5.41) is 3.39. The van der Waals surface area contributed by atoms with Crippen LogP contribution in [0, 0.1) is 12.3 Å². The van der Waals surface area contributed by atoms with Gasteiger partial charge in [0.15, 0.2) is 11.5 Å². The van der Waals surface area contributed by atoms with Gasteiger partial charge >= 0.3 is 0 Å². The number of fused-ring (bicyclic) bond motifs is 1. The lowest BCUT2D eigenvalue weighted by Gasteiger charge is -2.27. The van der Waals surface area contributed by atoms with Crippen LogP contribution in [0.5, 0.6) is 0 Å². The van der Waals surface area contributed by atoms with Crippen LogP contribution in [0.3, 0.4) is 0 Å². The van der Waals surface area contributed by atoms with Gasteiger partial charge in [-0.15, -0.1) is 6.42 Å². The van der Waals surface area contributed by atoms with Crippen LogP contribution in [-0.2, 0) is 18.9 Å². The molecule has 0 saturated carbocycles. The summed E-state index contributed by atoms with van der Waals surface area (Å²) >= 11 is 0. The SMILES string of the molecule is C#Cc1cccc(NC2=C3C=C(OCCOC)C(OCCOC)=CC3PC=N2)c1. The van der Waals surface area contributed by atoms with E-state index in [2.05, 4.69) is 22.3 Å². The normalized spacial score (nSPS) is 18.6. The van der Waals surface area contributed by atoms with Gasteiger partial charge in [-0.25, -0.2) is 4.99 Å². The van der Waals surface area contributed by atoms with Gasteiger partial charge in [-0.1, -0.05) is 20.6 Å². The van der Waals surface area contributed by atoms with Crippen molar-refractivity contribution in [1.82, 2.24) is 0 Å². The second kappa shape index (κ2) is 10.8. The molecule has 2 aliphatic rings. The molecule has 0 bridgehead atoms. The predicted molar refractivity (Wildman–Crippen MR) is 117 cm³/mol. The van der Waals surface area contributed by atoms with Gasteiger partial charge in [0.05, 0.1) is 13.2 Å². The third kappa shape index (κ3) is 5.71. The summed E-state index contributed by atoms with van der Waals surface area (Å²) in [5.41, 5.74) is 2.95. The fourth-order valence-corrected chi connectivity index (χ4v) is 3.88. The molecule has 1 N–H and O–H groups in total. The Morgan fingerprint density at radius 2 is 1.86 bits per heavy atom. The van der Waals surface area contributed by atoms with Gasteiger partial charge in [0.1, 0.15) is 19.0 Å². The van der Waals surface area contributed by atoms with E-state index in [1.807, 2.05) is 36.3 Å². The smallest absolute Gasteiger partial charge is 0.161 e. The van der Waals surface area contributed by atoms with Gasteiger partial charge in [0, 0.05) is 42.7 Å². The zero-order valence-electron chi connectivity index (χ0n) is 16.6. The molecular weight excluding hydrogens is 387 g/mol. The van der Waals surface area contributed by atoms with Crippen molar-refractivity contribution in [3.8, 4) is 12.3 Å². The summed E-state index contributed by atoms with van der Waals surface area (Å²) < 4.78 is 22.0. The number of rotatable bonds is 10. The molecule has 29 heavy (non-hydrogen) atoms. The molecule has 0 aromatic heterocycles. The zero-order valence-corrected chi connectivity index (χ0v) is 17.6. The number of terminal acetylenes is 1. The third-order valence-electron chi connectivity index (χ3n) is 4.29. The van der Waals surface area contributed by atoms with E-state index >= 15 is 0 Å². The molecular formula is C22H25N2O4P. The molecule has 0 amide bonds. The fourth-order valence-electron chi connectivity index (χ4n) is 2.87. The summed E-state index contributed by atoms with van der Waals surface area (Å²) in [6.45, 7) is 1.90. The summed E-state index contributed by atoms with van der Waals surface area (Å²) in [4.78, 5) is 4.59. The highest BCUT2D eigenvalue weighted by atomic mass is 31.1. The van der Waals surface area contributed by atoms with Crippen molar-refractivity contribution < 1.29 is 18.9 Å². The molecule has 2 atom stereocenters. The van der Waals surface area contributed by atoms with Crippen molar-refractivity contribution in [3.63, 3.8) is 0 Å². The van der Waals surface area contributed by atoms with Gasteiger partial charge in [-0.05, 0) is 30.4 Å². The van der Waals surface area contributed by atoms with Crippen LogP contribution in [-0.4, -0.2) is 52.3 Å². The van der Waals surface area contributed by atoms with Crippen molar-refractivity contribution in [2.75, 3.05) is 46.0 Å². The number of nitrogens with zero attached hydrogens (tertiary/aromatic N) is 1. The first-order valence-corrected chi connectivity index (χ1v) is 10.4. The van der Waals surface area contributed by atoms with E-state index in [0.29, 0.717) is 40.8 Å². The molecule has 1 aromatic rings. The van der Waals surface area contributed by atoms with Gasteiger partial charge < -0.3 is 24.3 Å². The van der Waals surface area contributed by atoms with Crippen LogP contribution in [0.2, 0.25) is 0 Å². The molecule has 2 unspecified atom stereocenters. The van der Waals surface area contributed by atoms with Gasteiger partial charge in [0.2, 0.25) is 0 Å². The Balaban J connectivity index is 1.86. The molecule has 1 heterocycles. The Labute approximate surface area is 173 Å². The molecule has 1 aromatic carbocycles. The van der Waals surface area contributed by atoms with E-state index in [4.69, 9.17) is 25.4 Å². The van der Waals surface area contributed by atoms with Crippen LogP contribution in [0.15, 0.2) is 64.3 Å². The van der Waals surface area contributed by atoms with E-state index < -0.39 is 0 Å². The van der Waals surface area contributed by atoms with Crippen LogP contribution in [0.4, 0.5) is 5.69 Å². The largest absolute Gasteiger partial charge is 0.488 e. The first-order chi connectivity index (χ1) is 14.2. The van der Waals surface area contributed by atoms with E-state index in [0.717, 1.165) is 28.4 Å². The summed E-state index contributed by atoms with van der Waals surface area (Å²) in [6.07, 6.45) is 9.61. The first kappa shape index (κ1) is 21.1. The number of benzene rings is 1. The standard InChI is InChI=1S/C22H25N2O4P/c1-4-16-6-5-7-17(12-16)24-22-18-13-19(27-10-8-25-2)20(28-11-9-26-3)14-21(18)29-15-23-22/h1,5-7,12-15,21,24,29H,8-11H2,2-3H3. The Hall–Kier alpha value is -2.58. The molecule has 1 aliphatic carbocycles.